The van der Waals surface area contributed by atoms with Crippen LogP contribution in [0.4, 0.5) is 13.2 Å². The number of hydrogen-bond acceptors (Lipinski definition) is 2. The van der Waals surface area contributed by atoms with Gasteiger partial charge < -0.3 is 9.47 Å². The van der Waals surface area contributed by atoms with Gasteiger partial charge in [0, 0.05) is 12.7 Å². The normalized spacial score (nSPS) is 10.4. The monoisotopic (exact) mass is 236 g/mol. The van der Waals surface area contributed by atoms with Crippen molar-refractivity contribution >= 4 is 0 Å². The van der Waals surface area contributed by atoms with Gasteiger partial charge in [0.2, 0.25) is 0 Å². The van der Waals surface area contributed by atoms with Crippen LogP contribution in [-0.2, 0) is 11.3 Å². The molecule has 92 valence electrons. The summed E-state index contributed by atoms with van der Waals surface area (Å²) in [5.41, 5.74) is 0.368. The van der Waals surface area contributed by atoms with Crippen LogP contribution < -0.4 is 4.74 Å². The summed E-state index contributed by atoms with van der Waals surface area (Å²) < 4.78 is 44.2. The number of methoxy groups -OCH3 is 1. The molecule has 0 atom stereocenters. The van der Waals surface area contributed by atoms with Gasteiger partial charge in [0.1, 0.15) is 5.75 Å². The molecule has 0 fully saturated rings. The van der Waals surface area contributed by atoms with Crippen LogP contribution in [0.2, 0.25) is 0 Å². The molecule has 0 amide bonds. The SMILES string of the molecule is CC.COCc1ccccc1OC(F)(F)F. The lowest BCUT2D eigenvalue weighted by molar-refractivity contribution is -0.275. The van der Waals surface area contributed by atoms with Gasteiger partial charge in [-0.2, -0.15) is 0 Å². The van der Waals surface area contributed by atoms with E-state index in [1.54, 1.807) is 6.07 Å². The highest BCUT2D eigenvalue weighted by molar-refractivity contribution is 5.32. The lowest BCUT2D eigenvalue weighted by Gasteiger charge is -2.12. The molecule has 0 saturated heterocycles. The van der Waals surface area contributed by atoms with E-state index in [1.165, 1.54) is 25.3 Å². The molecule has 0 heterocycles. The maximum atomic E-state index is 11.9. The van der Waals surface area contributed by atoms with E-state index in [2.05, 4.69) is 4.74 Å². The zero-order valence-corrected chi connectivity index (χ0v) is 9.47. The Kier molecular flexibility index (Phi) is 6.56. The molecule has 0 bridgehead atoms. The van der Waals surface area contributed by atoms with Crippen LogP contribution in [0, 0.1) is 0 Å². The van der Waals surface area contributed by atoms with Crippen molar-refractivity contribution in [2.75, 3.05) is 7.11 Å². The van der Waals surface area contributed by atoms with Crippen LogP contribution in [0.25, 0.3) is 0 Å². The number of halogens is 3. The Morgan fingerprint density at radius 1 is 1.12 bits per heavy atom. The maximum absolute atomic E-state index is 11.9. The lowest BCUT2D eigenvalue weighted by atomic mass is 10.2. The molecule has 1 aromatic carbocycles. The average Bonchev–Trinajstić information content (AvgIpc) is 2.22. The minimum atomic E-state index is -4.66. The molecule has 0 aliphatic heterocycles. The number of ether oxygens (including phenoxy) is 2. The summed E-state index contributed by atoms with van der Waals surface area (Å²) in [6.45, 7) is 4.09. The predicted molar refractivity (Wildman–Crippen MR) is 55.2 cm³/mol. The molecule has 0 aliphatic carbocycles. The topological polar surface area (TPSA) is 18.5 Å². The van der Waals surface area contributed by atoms with E-state index in [4.69, 9.17) is 4.74 Å². The number of rotatable bonds is 3. The average molecular weight is 236 g/mol. The molecule has 0 radical (unpaired) electrons. The first-order valence-corrected chi connectivity index (χ1v) is 4.85. The fraction of sp³-hybridized carbons (Fsp3) is 0.455. The number of alkyl halides is 3. The Morgan fingerprint density at radius 2 is 1.69 bits per heavy atom. The third-order valence-electron chi connectivity index (χ3n) is 1.50. The van der Waals surface area contributed by atoms with Gasteiger partial charge in [-0.15, -0.1) is 13.2 Å². The van der Waals surface area contributed by atoms with Crippen molar-refractivity contribution in [1.29, 1.82) is 0 Å². The van der Waals surface area contributed by atoms with Crippen molar-refractivity contribution in [3.05, 3.63) is 29.8 Å². The van der Waals surface area contributed by atoms with Crippen LogP contribution in [0.15, 0.2) is 24.3 Å². The molecule has 1 rings (SSSR count). The van der Waals surface area contributed by atoms with E-state index in [0.717, 1.165) is 0 Å². The van der Waals surface area contributed by atoms with E-state index < -0.39 is 6.36 Å². The highest BCUT2D eigenvalue weighted by atomic mass is 19.4. The Morgan fingerprint density at radius 3 is 2.19 bits per heavy atom. The van der Waals surface area contributed by atoms with E-state index in [9.17, 15) is 13.2 Å². The predicted octanol–water partition coefficient (Wildman–Crippen LogP) is 3.76. The van der Waals surface area contributed by atoms with Crippen LogP contribution in [-0.4, -0.2) is 13.5 Å². The Labute approximate surface area is 93.0 Å². The van der Waals surface area contributed by atoms with Crippen LogP contribution in [0.1, 0.15) is 19.4 Å². The smallest absolute Gasteiger partial charge is 0.405 e. The molecule has 5 heteroatoms. The summed E-state index contributed by atoms with van der Waals surface area (Å²) >= 11 is 0. The van der Waals surface area contributed by atoms with E-state index in [-0.39, 0.29) is 12.4 Å². The van der Waals surface area contributed by atoms with E-state index in [0.29, 0.717) is 5.56 Å². The van der Waals surface area contributed by atoms with Gasteiger partial charge in [-0.05, 0) is 6.07 Å². The van der Waals surface area contributed by atoms with E-state index >= 15 is 0 Å². The van der Waals surface area contributed by atoms with Crippen molar-refractivity contribution in [1.82, 2.24) is 0 Å². The molecule has 0 spiro atoms. The van der Waals surface area contributed by atoms with Gasteiger partial charge in [0.15, 0.2) is 0 Å². The van der Waals surface area contributed by atoms with Gasteiger partial charge in [-0.3, -0.25) is 0 Å². The molecular weight excluding hydrogens is 221 g/mol. The summed E-state index contributed by atoms with van der Waals surface area (Å²) in [6, 6.07) is 5.87. The van der Waals surface area contributed by atoms with Crippen LogP contribution >= 0.6 is 0 Å². The second-order valence-corrected chi connectivity index (χ2v) is 2.59. The summed E-state index contributed by atoms with van der Waals surface area (Å²) in [4.78, 5) is 0. The molecule has 0 N–H and O–H groups in total. The van der Waals surface area contributed by atoms with Crippen molar-refractivity contribution < 1.29 is 22.6 Å². The second-order valence-electron chi connectivity index (χ2n) is 2.59. The first kappa shape index (κ1) is 14.8. The van der Waals surface area contributed by atoms with Crippen molar-refractivity contribution in [2.24, 2.45) is 0 Å². The minimum absolute atomic E-state index is 0.0895. The molecule has 0 aliphatic rings. The highest BCUT2D eigenvalue weighted by Gasteiger charge is 2.31. The van der Waals surface area contributed by atoms with Gasteiger partial charge in [0.05, 0.1) is 6.61 Å². The number of hydrogen-bond donors (Lipinski definition) is 0. The van der Waals surface area contributed by atoms with Gasteiger partial charge in [0.25, 0.3) is 0 Å². The Hall–Kier alpha value is -1.23. The summed E-state index contributed by atoms with van der Waals surface area (Å²) in [5.74, 6) is -0.221. The summed E-state index contributed by atoms with van der Waals surface area (Å²) in [5, 5.41) is 0. The fourth-order valence-corrected chi connectivity index (χ4v) is 1.00. The standard InChI is InChI=1S/C9H9F3O2.C2H6/c1-13-6-7-4-2-3-5-8(7)14-9(10,11)12;1-2/h2-5H,6H2,1H3;1-2H3. The number of benzene rings is 1. The van der Waals surface area contributed by atoms with Gasteiger partial charge in [-0.25, -0.2) is 0 Å². The second kappa shape index (κ2) is 7.11. The number of para-hydroxylation sites is 1. The summed E-state index contributed by atoms with van der Waals surface area (Å²) in [6.07, 6.45) is -4.66. The first-order chi connectivity index (χ1) is 7.53. The fourth-order valence-electron chi connectivity index (χ4n) is 1.00. The van der Waals surface area contributed by atoms with Crippen LogP contribution in [0.3, 0.4) is 0 Å². The van der Waals surface area contributed by atoms with Crippen molar-refractivity contribution in [3.8, 4) is 5.75 Å². The minimum Gasteiger partial charge on any atom is -0.405 e. The van der Waals surface area contributed by atoms with E-state index in [1.807, 2.05) is 13.8 Å². The lowest BCUT2D eigenvalue weighted by Crippen LogP contribution is -2.18. The molecule has 0 aromatic heterocycles. The molecular formula is C11H15F3O2. The molecule has 2 nitrogen and oxygen atoms in total. The maximum Gasteiger partial charge on any atom is 0.573 e. The highest BCUT2D eigenvalue weighted by Crippen LogP contribution is 2.26. The third-order valence-corrected chi connectivity index (χ3v) is 1.50. The summed E-state index contributed by atoms with van der Waals surface area (Å²) in [7, 11) is 1.41. The van der Waals surface area contributed by atoms with Crippen molar-refractivity contribution in [2.45, 2.75) is 26.8 Å². The Bertz CT molecular complexity index is 298. The zero-order chi connectivity index (χ0) is 12.6. The molecule has 16 heavy (non-hydrogen) atoms. The van der Waals surface area contributed by atoms with Gasteiger partial charge in [-0.1, -0.05) is 32.0 Å². The van der Waals surface area contributed by atoms with Crippen LogP contribution in [0.5, 0.6) is 5.75 Å². The molecule has 0 unspecified atom stereocenters. The van der Waals surface area contributed by atoms with Crippen molar-refractivity contribution in [3.63, 3.8) is 0 Å². The third kappa shape index (κ3) is 5.60. The van der Waals surface area contributed by atoms with Gasteiger partial charge >= 0.3 is 6.36 Å². The largest absolute Gasteiger partial charge is 0.573 e. The first-order valence-electron chi connectivity index (χ1n) is 4.85. The Balaban J connectivity index is 0.00000106. The molecule has 0 saturated carbocycles. The molecule has 1 aromatic rings. The zero-order valence-electron chi connectivity index (χ0n) is 9.47. The quantitative estimate of drug-likeness (QED) is 0.795.